The van der Waals surface area contributed by atoms with Crippen LogP contribution in [0.4, 0.5) is 0 Å². The Kier molecular flexibility index (Phi) is 7.66. The zero-order chi connectivity index (χ0) is 36.2. The summed E-state index contributed by atoms with van der Waals surface area (Å²) in [6.45, 7) is 4.44. The zero-order valence-corrected chi connectivity index (χ0v) is 30.3. The molecule has 0 unspecified atom stereocenters. The Morgan fingerprint density at radius 2 is 0.815 bits per heavy atom. The molecular weight excluding hydrogens is 651 g/mol. The van der Waals surface area contributed by atoms with Crippen molar-refractivity contribution in [2.24, 2.45) is 0 Å². The van der Waals surface area contributed by atoms with Crippen molar-refractivity contribution in [2.75, 3.05) is 0 Å². The smallest absolute Gasteiger partial charge is 0.0708 e. The van der Waals surface area contributed by atoms with E-state index in [9.17, 15) is 0 Å². The summed E-state index contributed by atoms with van der Waals surface area (Å²) in [5, 5.41) is 9.98. The number of pyridine rings is 1. The van der Waals surface area contributed by atoms with Gasteiger partial charge in [-0.25, -0.2) is 0 Å². The van der Waals surface area contributed by atoms with Gasteiger partial charge in [0.15, 0.2) is 0 Å². The van der Waals surface area contributed by atoms with Crippen molar-refractivity contribution in [3.8, 4) is 55.8 Å². The quantitative estimate of drug-likeness (QED) is 0.164. The molecule has 9 aromatic carbocycles. The Hall–Kier alpha value is -6.83. The molecule has 0 aliphatic carbocycles. The van der Waals surface area contributed by atoms with Gasteiger partial charge in [0.2, 0.25) is 0 Å². The third-order valence-electron chi connectivity index (χ3n) is 11.2. The molecule has 0 radical (unpaired) electrons. The third kappa shape index (κ3) is 5.20. The number of fused-ring (bicyclic) bond motifs is 4. The van der Waals surface area contributed by atoms with Crippen molar-refractivity contribution in [1.82, 2.24) is 4.98 Å². The van der Waals surface area contributed by atoms with E-state index in [0.717, 1.165) is 22.4 Å². The number of nitrogens with zero attached hydrogens (tertiary/aromatic N) is 1. The van der Waals surface area contributed by atoms with E-state index in [0.29, 0.717) is 0 Å². The summed E-state index contributed by atoms with van der Waals surface area (Å²) in [6, 6.07) is 66.4. The van der Waals surface area contributed by atoms with Crippen LogP contribution in [0.2, 0.25) is 0 Å². The highest BCUT2D eigenvalue weighted by atomic mass is 14.7. The molecule has 0 N–H and O–H groups in total. The molecule has 0 saturated heterocycles. The molecule has 1 heterocycles. The molecule has 10 rings (SSSR count). The highest BCUT2D eigenvalue weighted by molar-refractivity contribution is 6.24. The highest BCUT2D eigenvalue weighted by Gasteiger charge is 2.20. The van der Waals surface area contributed by atoms with Crippen LogP contribution in [-0.2, 0) is 0 Å². The summed E-state index contributed by atoms with van der Waals surface area (Å²) < 4.78 is 0. The minimum absolute atomic E-state index is 0.980. The zero-order valence-electron chi connectivity index (χ0n) is 30.3. The monoisotopic (exact) mass is 687 g/mol. The maximum absolute atomic E-state index is 4.98. The fraction of sp³-hybridized carbons (Fsp3) is 0.0377. The van der Waals surface area contributed by atoms with Crippen LogP contribution in [0.15, 0.2) is 188 Å². The Morgan fingerprint density at radius 1 is 0.315 bits per heavy atom. The lowest BCUT2D eigenvalue weighted by Crippen LogP contribution is -1.94. The lowest BCUT2D eigenvalue weighted by atomic mass is 9.83. The van der Waals surface area contributed by atoms with Crippen molar-refractivity contribution in [3.63, 3.8) is 0 Å². The SMILES string of the molecule is Cc1cccc(C)c1-c1ccc(-c2c3ccccc3c(-c3cccc(-c4ccc(-c5cccc6ccccc56)nc4)c3)c3ccccc23)c2ccccc12. The molecule has 54 heavy (non-hydrogen) atoms. The van der Waals surface area contributed by atoms with Gasteiger partial charge in [-0.1, -0.05) is 170 Å². The van der Waals surface area contributed by atoms with Gasteiger partial charge in [-0.05, 0) is 119 Å². The molecule has 0 aliphatic heterocycles. The molecule has 1 aromatic heterocycles. The number of benzene rings is 9. The average Bonchev–Trinajstić information content (AvgIpc) is 3.23. The van der Waals surface area contributed by atoms with E-state index in [1.165, 1.54) is 87.6 Å². The Labute approximate surface area is 315 Å². The van der Waals surface area contributed by atoms with E-state index in [-0.39, 0.29) is 0 Å². The Morgan fingerprint density at radius 3 is 1.44 bits per heavy atom. The van der Waals surface area contributed by atoms with Crippen molar-refractivity contribution in [2.45, 2.75) is 13.8 Å². The first-order chi connectivity index (χ1) is 26.6. The van der Waals surface area contributed by atoms with Crippen LogP contribution in [0.25, 0.3) is 98.9 Å². The summed E-state index contributed by atoms with van der Waals surface area (Å²) in [5.74, 6) is 0. The molecule has 0 bridgehead atoms. The van der Waals surface area contributed by atoms with Gasteiger partial charge in [-0.2, -0.15) is 0 Å². The standard InChI is InChI=1S/C53H37N/c1-34-14-11-15-35(2)51(34)48-29-30-49(42-22-6-5-21-41(42)48)53-46-25-9-7-23-44(46)52(45-24-8-10-26-47(45)53)38-19-12-18-37(32-38)39-28-31-50(54-33-39)43-27-13-17-36-16-3-4-20-40(36)43/h3-33H,1-2H3. The van der Waals surface area contributed by atoms with Gasteiger partial charge < -0.3 is 0 Å². The lowest BCUT2D eigenvalue weighted by Gasteiger charge is -2.20. The molecule has 1 nitrogen and oxygen atoms in total. The molecule has 0 atom stereocenters. The molecule has 0 aliphatic rings. The van der Waals surface area contributed by atoms with Crippen molar-refractivity contribution >= 4 is 43.1 Å². The fourth-order valence-corrected chi connectivity index (χ4v) is 8.73. The Bertz CT molecular complexity index is 2980. The molecule has 0 saturated carbocycles. The maximum Gasteiger partial charge on any atom is 0.0708 e. The van der Waals surface area contributed by atoms with Crippen molar-refractivity contribution in [3.05, 3.63) is 199 Å². The fourth-order valence-electron chi connectivity index (χ4n) is 8.73. The first kappa shape index (κ1) is 31.9. The largest absolute Gasteiger partial charge is 0.256 e. The van der Waals surface area contributed by atoms with Gasteiger partial charge in [-0.15, -0.1) is 0 Å². The van der Waals surface area contributed by atoms with Crippen LogP contribution < -0.4 is 0 Å². The maximum atomic E-state index is 4.98. The van der Waals surface area contributed by atoms with E-state index in [1.807, 2.05) is 6.20 Å². The molecule has 0 amide bonds. The second-order valence-corrected chi connectivity index (χ2v) is 14.4. The first-order valence-corrected chi connectivity index (χ1v) is 18.7. The summed E-state index contributed by atoms with van der Waals surface area (Å²) >= 11 is 0. The number of hydrogen-bond acceptors (Lipinski definition) is 1. The first-order valence-electron chi connectivity index (χ1n) is 18.7. The molecule has 1 heteroatoms. The molecule has 0 spiro atoms. The van der Waals surface area contributed by atoms with E-state index in [1.54, 1.807) is 0 Å². The molecule has 0 fully saturated rings. The van der Waals surface area contributed by atoms with Crippen LogP contribution in [0, 0.1) is 13.8 Å². The van der Waals surface area contributed by atoms with Crippen LogP contribution in [0.1, 0.15) is 11.1 Å². The second kappa shape index (κ2) is 13.0. The lowest BCUT2D eigenvalue weighted by molar-refractivity contribution is 1.33. The van der Waals surface area contributed by atoms with Gasteiger partial charge in [0, 0.05) is 17.3 Å². The summed E-state index contributed by atoms with van der Waals surface area (Å²) in [5.41, 5.74) is 14.6. The minimum Gasteiger partial charge on any atom is -0.256 e. The van der Waals surface area contributed by atoms with Gasteiger partial charge in [0.25, 0.3) is 0 Å². The second-order valence-electron chi connectivity index (χ2n) is 14.4. The molecule has 254 valence electrons. The number of rotatable bonds is 5. The normalized spacial score (nSPS) is 11.5. The van der Waals surface area contributed by atoms with Crippen LogP contribution in [-0.4, -0.2) is 4.98 Å². The highest BCUT2D eigenvalue weighted by Crippen LogP contribution is 2.47. The average molecular weight is 688 g/mol. The van der Waals surface area contributed by atoms with Gasteiger partial charge in [0.1, 0.15) is 0 Å². The molecule has 10 aromatic rings. The van der Waals surface area contributed by atoms with Crippen LogP contribution >= 0.6 is 0 Å². The predicted molar refractivity (Wildman–Crippen MR) is 231 cm³/mol. The van der Waals surface area contributed by atoms with E-state index >= 15 is 0 Å². The van der Waals surface area contributed by atoms with Gasteiger partial charge in [0.05, 0.1) is 5.69 Å². The van der Waals surface area contributed by atoms with Crippen molar-refractivity contribution in [1.29, 1.82) is 0 Å². The van der Waals surface area contributed by atoms with E-state index in [4.69, 9.17) is 4.98 Å². The van der Waals surface area contributed by atoms with Crippen molar-refractivity contribution < 1.29 is 0 Å². The number of aryl methyl sites for hydroxylation is 2. The van der Waals surface area contributed by atoms with Gasteiger partial charge >= 0.3 is 0 Å². The number of hydrogen-bond donors (Lipinski definition) is 0. The van der Waals surface area contributed by atoms with Crippen LogP contribution in [0.3, 0.4) is 0 Å². The van der Waals surface area contributed by atoms with Gasteiger partial charge in [-0.3, -0.25) is 4.98 Å². The third-order valence-corrected chi connectivity index (χ3v) is 11.2. The summed E-state index contributed by atoms with van der Waals surface area (Å²) in [6.07, 6.45) is 2.02. The Balaban J connectivity index is 1.14. The topological polar surface area (TPSA) is 12.9 Å². The molecular formula is C53H37N. The van der Waals surface area contributed by atoms with Crippen LogP contribution in [0.5, 0.6) is 0 Å². The summed E-state index contributed by atoms with van der Waals surface area (Å²) in [7, 11) is 0. The summed E-state index contributed by atoms with van der Waals surface area (Å²) in [4.78, 5) is 4.98. The minimum atomic E-state index is 0.980. The van der Waals surface area contributed by atoms with E-state index < -0.39 is 0 Å². The predicted octanol–water partition coefficient (Wildman–Crippen LogP) is 14.6. The van der Waals surface area contributed by atoms with E-state index in [2.05, 4.69) is 196 Å². The number of aromatic nitrogens is 1.